The fraction of sp³-hybridized carbons (Fsp3) is 0.0909. The maximum absolute atomic E-state index is 13.2. The molecule has 0 bridgehead atoms. The summed E-state index contributed by atoms with van der Waals surface area (Å²) in [4.78, 5) is 19.0. The highest BCUT2D eigenvalue weighted by Crippen LogP contribution is 2.29. The highest BCUT2D eigenvalue weighted by molar-refractivity contribution is 7.14. The van der Waals surface area contributed by atoms with Crippen molar-refractivity contribution in [3.63, 3.8) is 0 Å². The van der Waals surface area contributed by atoms with Crippen LogP contribution in [0, 0.1) is 5.82 Å². The van der Waals surface area contributed by atoms with Crippen LogP contribution in [0.25, 0.3) is 11.3 Å². The van der Waals surface area contributed by atoms with Gasteiger partial charge in [0.15, 0.2) is 11.7 Å². The maximum atomic E-state index is 13.2. The molecular formula is C22H17FN2O3S. The number of anilines is 1. The van der Waals surface area contributed by atoms with Gasteiger partial charge in [-0.1, -0.05) is 18.2 Å². The maximum Gasteiger partial charge on any atom is 0.267 e. The number of para-hydroxylation sites is 1. The van der Waals surface area contributed by atoms with Crippen LogP contribution >= 0.6 is 11.3 Å². The summed E-state index contributed by atoms with van der Waals surface area (Å²) in [5.74, 6) is 0.698. The van der Waals surface area contributed by atoms with Gasteiger partial charge in [0.1, 0.15) is 17.3 Å². The van der Waals surface area contributed by atoms with Crippen molar-refractivity contribution in [2.24, 2.45) is 0 Å². The molecule has 7 heteroatoms. The zero-order valence-electron chi connectivity index (χ0n) is 15.3. The van der Waals surface area contributed by atoms with E-state index in [1.54, 1.807) is 42.7 Å². The second kappa shape index (κ2) is 8.70. The van der Waals surface area contributed by atoms with Crippen molar-refractivity contribution in [3.8, 4) is 17.0 Å². The Morgan fingerprint density at radius 1 is 1.07 bits per heavy atom. The minimum absolute atomic E-state index is 0.129. The van der Waals surface area contributed by atoms with E-state index in [-0.39, 0.29) is 24.9 Å². The van der Waals surface area contributed by atoms with Crippen LogP contribution in [-0.2, 0) is 11.3 Å². The van der Waals surface area contributed by atoms with Crippen LogP contribution in [0.5, 0.6) is 5.75 Å². The van der Waals surface area contributed by atoms with Crippen LogP contribution in [0.3, 0.4) is 0 Å². The van der Waals surface area contributed by atoms with Gasteiger partial charge in [0, 0.05) is 10.9 Å². The Balaban J connectivity index is 1.55. The molecule has 4 aromatic rings. The molecule has 0 aliphatic carbocycles. The van der Waals surface area contributed by atoms with Crippen LogP contribution in [0.15, 0.2) is 82.8 Å². The van der Waals surface area contributed by atoms with Crippen LogP contribution < -0.4 is 9.64 Å². The number of carbonyl (C=O) groups excluding carboxylic acids is 1. The minimum Gasteiger partial charge on any atom is -0.484 e. The molecule has 4 rings (SSSR count). The van der Waals surface area contributed by atoms with Crippen LogP contribution in [0.1, 0.15) is 5.76 Å². The monoisotopic (exact) mass is 408 g/mol. The van der Waals surface area contributed by atoms with Gasteiger partial charge in [-0.3, -0.25) is 9.69 Å². The average molecular weight is 408 g/mol. The standard InChI is InChI=1S/C22H17FN2O3S/c23-17-10-8-16(9-11-17)20-15-29-22(24-20)25(13-19-7-4-12-27-19)21(26)14-28-18-5-2-1-3-6-18/h1-12,15H,13-14H2. The number of halogens is 1. The van der Waals surface area contributed by atoms with Gasteiger partial charge < -0.3 is 9.15 Å². The first-order valence-corrected chi connectivity index (χ1v) is 9.79. The Hall–Kier alpha value is -3.45. The summed E-state index contributed by atoms with van der Waals surface area (Å²) in [5.41, 5.74) is 1.45. The van der Waals surface area contributed by atoms with E-state index >= 15 is 0 Å². The van der Waals surface area contributed by atoms with Crippen molar-refractivity contribution in [2.75, 3.05) is 11.5 Å². The van der Waals surface area contributed by atoms with Crippen molar-refractivity contribution in [2.45, 2.75) is 6.54 Å². The number of ether oxygens (including phenoxy) is 1. The molecule has 5 nitrogen and oxygen atoms in total. The fourth-order valence-corrected chi connectivity index (χ4v) is 3.55. The molecule has 0 aliphatic heterocycles. The number of hydrogen-bond donors (Lipinski definition) is 0. The quantitative estimate of drug-likeness (QED) is 0.424. The number of aromatic nitrogens is 1. The first kappa shape index (κ1) is 18.9. The van der Waals surface area contributed by atoms with E-state index in [1.165, 1.54) is 28.4 Å². The lowest BCUT2D eigenvalue weighted by atomic mass is 10.2. The number of rotatable bonds is 7. The minimum atomic E-state index is -0.308. The molecule has 1 amide bonds. The molecule has 2 aromatic heterocycles. The molecule has 29 heavy (non-hydrogen) atoms. The summed E-state index contributed by atoms with van der Waals surface area (Å²) in [6.07, 6.45) is 1.56. The first-order chi connectivity index (χ1) is 14.2. The number of benzene rings is 2. The Kier molecular flexibility index (Phi) is 5.67. The van der Waals surface area contributed by atoms with E-state index in [9.17, 15) is 9.18 Å². The molecule has 0 fully saturated rings. The van der Waals surface area contributed by atoms with E-state index < -0.39 is 0 Å². The number of hydrogen-bond acceptors (Lipinski definition) is 5. The summed E-state index contributed by atoms with van der Waals surface area (Å²) >= 11 is 1.33. The fourth-order valence-electron chi connectivity index (χ4n) is 2.70. The Bertz CT molecular complexity index is 1060. The van der Waals surface area contributed by atoms with E-state index in [1.807, 2.05) is 23.6 Å². The Labute approximate surface area is 171 Å². The second-order valence-electron chi connectivity index (χ2n) is 6.18. The molecule has 0 saturated carbocycles. The second-order valence-corrected chi connectivity index (χ2v) is 7.02. The smallest absolute Gasteiger partial charge is 0.267 e. The highest BCUT2D eigenvalue weighted by atomic mass is 32.1. The van der Waals surface area contributed by atoms with Crippen molar-refractivity contribution in [1.29, 1.82) is 0 Å². The number of nitrogens with zero attached hydrogens (tertiary/aromatic N) is 2. The normalized spacial score (nSPS) is 10.7. The van der Waals surface area contributed by atoms with E-state index in [2.05, 4.69) is 4.98 Å². The van der Waals surface area contributed by atoms with Gasteiger partial charge in [-0.15, -0.1) is 11.3 Å². The Morgan fingerprint density at radius 3 is 2.59 bits per heavy atom. The predicted molar refractivity (Wildman–Crippen MR) is 109 cm³/mol. The van der Waals surface area contributed by atoms with Gasteiger partial charge in [-0.25, -0.2) is 9.37 Å². The van der Waals surface area contributed by atoms with Crippen LogP contribution in [0.2, 0.25) is 0 Å². The summed E-state index contributed by atoms with van der Waals surface area (Å²) in [5, 5.41) is 2.35. The molecule has 0 atom stereocenters. The molecule has 0 radical (unpaired) electrons. The van der Waals surface area contributed by atoms with Crippen molar-refractivity contribution >= 4 is 22.4 Å². The summed E-state index contributed by atoms with van der Waals surface area (Å²) < 4.78 is 24.2. The van der Waals surface area contributed by atoms with E-state index in [0.717, 1.165) is 5.56 Å². The SMILES string of the molecule is O=C(COc1ccccc1)N(Cc1ccco1)c1nc(-c2ccc(F)cc2)cs1. The van der Waals surface area contributed by atoms with Gasteiger partial charge >= 0.3 is 0 Å². The van der Waals surface area contributed by atoms with Crippen molar-refractivity contribution in [3.05, 3.63) is 90.0 Å². The zero-order chi connectivity index (χ0) is 20.1. The average Bonchev–Trinajstić information content (AvgIpc) is 3.44. The van der Waals surface area contributed by atoms with E-state index in [0.29, 0.717) is 22.3 Å². The molecule has 146 valence electrons. The summed E-state index contributed by atoms with van der Waals surface area (Å²) in [7, 11) is 0. The number of amides is 1. The third-order valence-electron chi connectivity index (χ3n) is 4.16. The highest BCUT2D eigenvalue weighted by Gasteiger charge is 2.21. The van der Waals surface area contributed by atoms with Gasteiger partial charge in [-0.05, 0) is 48.5 Å². The molecule has 0 saturated heterocycles. The molecule has 2 aromatic carbocycles. The molecule has 0 unspecified atom stereocenters. The molecule has 0 spiro atoms. The van der Waals surface area contributed by atoms with Crippen molar-refractivity contribution < 1.29 is 18.3 Å². The van der Waals surface area contributed by atoms with Gasteiger partial charge in [0.2, 0.25) is 0 Å². The van der Waals surface area contributed by atoms with Crippen LogP contribution in [0.4, 0.5) is 9.52 Å². The third kappa shape index (κ3) is 4.70. The largest absolute Gasteiger partial charge is 0.484 e. The van der Waals surface area contributed by atoms with Gasteiger partial charge in [0.25, 0.3) is 5.91 Å². The molecule has 2 heterocycles. The summed E-state index contributed by atoms with van der Waals surface area (Å²) in [6.45, 7) is 0.108. The third-order valence-corrected chi connectivity index (χ3v) is 5.03. The topological polar surface area (TPSA) is 55.6 Å². The Morgan fingerprint density at radius 2 is 1.86 bits per heavy atom. The lowest BCUT2D eigenvalue weighted by Gasteiger charge is -2.19. The lowest BCUT2D eigenvalue weighted by molar-refractivity contribution is -0.120. The molecule has 0 aliphatic rings. The zero-order valence-corrected chi connectivity index (χ0v) is 16.1. The summed E-state index contributed by atoms with van der Waals surface area (Å²) in [6, 6.07) is 18.8. The lowest BCUT2D eigenvalue weighted by Crippen LogP contribution is -2.34. The van der Waals surface area contributed by atoms with Gasteiger partial charge in [-0.2, -0.15) is 0 Å². The first-order valence-electron chi connectivity index (χ1n) is 8.91. The number of furan rings is 1. The van der Waals surface area contributed by atoms with E-state index in [4.69, 9.17) is 9.15 Å². The number of carbonyl (C=O) groups is 1. The predicted octanol–water partition coefficient (Wildman–Crippen LogP) is 5.15. The number of thiazole rings is 1. The van der Waals surface area contributed by atoms with Gasteiger partial charge in [0.05, 0.1) is 18.5 Å². The molecule has 0 N–H and O–H groups in total. The van der Waals surface area contributed by atoms with Crippen LogP contribution in [-0.4, -0.2) is 17.5 Å². The molecular weight excluding hydrogens is 391 g/mol. The van der Waals surface area contributed by atoms with Crippen molar-refractivity contribution in [1.82, 2.24) is 4.98 Å².